The van der Waals surface area contributed by atoms with Crippen molar-refractivity contribution in [1.29, 1.82) is 0 Å². The van der Waals surface area contributed by atoms with Gasteiger partial charge in [-0.15, -0.1) is 0 Å². The lowest BCUT2D eigenvalue weighted by Gasteiger charge is -2.19. The van der Waals surface area contributed by atoms with Crippen molar-refractivity contribution < 1.29 is 19.4 Å². The summed E-state index contributed by atoms with van der Waals surface area (Å²) in [7, 11) is 0. The molecule has 0 fully saturated rings. The van der Waals surface area contributed by atoms with E-state index in [9.17, 15) is 9.59 Å². The van der Waals surface area contributed by atoms with Gasteiger partial charge in [-0.2, -0.15) is 5.10 Å². The lowest BCUT2D eigenvalue weighted by atomic mass is 9.87. The van der Waals surface area contributed by atoms with Crippen molar-refractivity contribution in [2.45, 2.75) is 58.4 Å². The molecule has 31 heavy (non-hydrogen) atoms. The molecule has 7 heteroatoms. The van der Waals surface area contributed by atoms with Gasteiger partial charge in [0.05, 0.1) is 11.4 Å². The number of carboxylic acids is 1. The fourth-order valence-corrected chi connectivity index (χ4v) is 4.04. The van der Waals surface area contributed by atoms with Crippen LogP contribution in [0, 0.1) is 13.8 Å². The van der Waals surface area contributed by atoms with E-state index >= 15 is 0 Å². The number of carboxylic acid groups (broad SMARTS) is 1. The zero-order chi connectivity index (χ0) is 22.8. The van der Waals surface area contributed by atoms with Crippen molar-refractivity contribution in [3.05, 3.63) is 58.9 Å². The van der Waals surface area contributed by atoms with E-state index in [1.165, 1.54) is 11.1 Å². The van der Waals surface area contributed by atoms with Crippen LogP contribution in [0.4, 0.5) is 0 Å². The number of nitrogens with one attached hydrogen (secondary N) is 1. The summed E-state index contributed by atoms with van der Waals surface area (Å²) >= 11 is 0. The number of carbonyl (C=O) groups is 2. The monoisotopic (exact) mass is 425 g/mol. The van der Waals surface area contributed by atoms with Gasteiger partial charge in [0.1, 0.15) is 13.2 Å². The van der Waals surface area contributed by atoms with Gasteiger partial charge < -0.3 is 15.2 Å². The Labute approximate surface area is 183 Å². The van der Waals surface area contributed by atoms with Crippen molar-refractivity contribution in [3.63, 3.8) is 0 Å². The number of aromatic nitrogens is 2. The molecule has 3 rings (SSSR count). The summed E-state index contributed by atoms with van der Waals surface area (Å²) in [5.74, 6) is -1.25. The molecule has 2 aromatic rings. The highest BCUT2D eigenvalue weighted by Gasteiger charge is 2.27. The Bertz CT molecular complexity index is 983. The molecule has 0 radical (unpaired) electrons. The minimum absolute atomic E-state index is 0.103. The zero-order valence-electron chi connectivity index (χ0n) is 18.8. The van der Waals surface area contributed by atoms with Crippen LogP contribution < -0.4 is 5.32 Å². The van der Waals surface area contributed by atoms with Gasteiger partial charge in [0.25, 0.3) is 0 Å². The molecule has 166 valence electrons. The van der Waals surface area contributed by atoms with E-state index in [0.717, 1.165) is 23.5 Å². The number of carbonyl (C=O) groups excluding carboxylic acids is 1. The quantitative estimate of drug-likeness (QED) is 0.663. The second-order valence-electron chi connectivity index (χ2n) is 9.08. The average Bonchev–Trinajstić information content (AvgIpc) is 3.24. The number of nitrogens with zero attached hydrogens (tertiary/aromatic N) is 2. The summed E-state index contributed by atoms with van der Waals surface area (Å²) in [5.41, 5.74) is 5.65. The van der Waals surface area contributed by atoms with Crippen molar-refractivity contribution in [3.8, 4) is 5.69 Å². The Kier molecular flexibility index (Phi) is 6.65. The Hall–Kier alpha value is -2.93. The number of ether oxygens (including phenoxy) is 1. The first-order valence-electron chi connectivity index (χ1n) is 10.5. The van der Waals surface area contributed by atoms with Gasteiger partial charge in [-0.3, -0.25) is 4.79 Å². The highest BCUT2D eigenvalue weighted by atomic mass is 16.5. The van der Waals surface area contributed by atoms with Gasteiger partial charge in [0.15, 0.2) is 0 Å². The van der Waals surface area contributed by atoms with Crippen LogP contribution in [0.15, 0.2) is 36.4 Å². The van der Waals surface area contributed by atoms with E-state index in [1.807, 2.05) is 17.7 Å². The first-order valence-corrected chi connectivity index (χ1v) is 10.5. The van der Waals surface area contributed by atoms with Crippen LogP contribution in [0.2, 0.25) is 0 Å². The fourth-order valence-electron chi connectivity index (χ4n) is 4.04. The summed E-state index contributed by atoms with van der Waals surface area (Å²) in [6.07, 6.45) is 4.82. The Balaban J connectivity index is 1.68. The van der Waals surface area contributed by atoms with E-state index in [2.05, 4.69) is 63.4 Å². The van der Waals surface area contributed by atoms with Crippen LogP contribution in [0.3, 0.4) is 0 Å². The van der Waals surface area contributed by atoms with Gasteiger partial charge >= 0.3 is 5.97 Å². The molecular formula is C24H31N3O4. The number of hydrogen-bond acceptors (Lipinski definition) is 4. The largest absolute Gasteiger partial charge is 0.480 e. The van der Waals surface area contributed by atoms with E-state index in [0.29, 0.717) is 0 Å². The molecular weight excluding hydrogens is 394 g/mol. The van der Waals surface area contributed by atoms with Crippen molar-refractivity contribution in [2.75, 3.05) is 13.2 Å². The molecule has 0 spiro atoms. The Morgan fingerprint density at radius 2 is 1.84 bits per heavy atom. The van der Waals surface area contributed by atoms with Crippen LogP contribution in [-0.2, 0) is 19.7 Å². The summed E-state index contributed by atoms with van der Waals surface area (Å²) in [6.45, 7) is 9.94. The van der Waals surface area contributed by atoms with Crippen LogP contribution in [-0.4, -0.2) is 46.0 Å². The normalized spacial score (nSPS) is 18.4. The summed E-state index contributed by atoms with van der Waals surface area (Å²) < 4.78 is 6.83. The number of benzene rings is 1. The molecule has 7 nitrogen and oxygen atoms in total. The molecule has 1 aliphatic rings. The first kappa shape index (κ1) is 22.7. The smallest absolute Gasteiger partial charge is 0.329 e. The van der Waals surface area contributed by atoms with E-state index in [-0.39, 0.29) is 29.9 Å². The van der Waals surface area contributed by atoms with E-state index in [1.54, 1.807) is 0 Å². The molecule has 1 aromatic heterocycles. The number of aliphatic carboxylic acids is 1. The van der Waals surface area contributed by atoms with Crippen LogP contribution in [0.1, 0.15) is 55.6 Å². The highest BCUT2D eigenvalue weighted by molar-refractivity contribution is 5.78. The lowest BCUT2D eigenvalue weighted by Crippen LogP contribution is -2.35. The third-order valence-electron chi connectivity index (χ3n) is 5.58. The van der Waals surface area contributed by atoms with Gasteiger partial charge in [-0.25, -0.2) is 9.48 Å². The highest BCUT2D eigenvalue weighted by Crippen LogP contribution is 2.34. The Morgan fingerprint density at radius 3 is 2.45 bits per heavy atom. The average molecular weight is 426 g/mol. The summed E-state index contributed by atoms with van der Waals surface area (Å²) in [6, 6.07) is 8.40. The summed E-state index contributed by atoms with van der Waals surface area (Å²) in [5, 5.41) is 16.2. The molecule has 0 bridgehead atoms. The standard InChI is InChI=1S/C24H31N3O4/c1-15-23(17-6-9-19(12-17)25-21(28)13-31-14-22(29)30)16(2)27(26-15)20-10-7-18(8-11-20)24(3,4)5/h6-11,17,19H,12-14H2,1-5H3,(H,25,28)(H,29,30)/t17-,19+/m0/s1. The van der Waals surface area contributed by atoms with Crippen LogP contribution >= 0.6 is 0 Å². The molecule has 2 N–H and O–H groups in total. The predicted octanol–water partition coefficient (Wildman–Crippen LogP) is 3.42. The third-order valence-corrected chi connectivity index (χ3v) is 5.58. The zero-order valence-corrected chi connectivity index (χ0v) is 18.8. The predicted molar refractivity (Wildman–Crippen MR) is 119 cm³/mol. The fraction of sp³-hybridized carbons (Fsp3) is 0.458. The maximum Gasteiger partial charge on any atom is 0.329 e. The van der Waals surface area contributed by atoms with Gasteiger partial charge in [0.2, 0.25) is 5.91 Å². The topological polar surface area (TPSA) is 93.5 Å². The molecule has 0 aliphatic heterocycles. The molecule has 0 saturated heterocycles. The third kappa shape index (κ3) is 5.41. The maximum atomic E-state index is 12.0. The second-order valence-corrected chi connectivity index (χ2v) is 9.08. The lowest BCUT2D eigenvalue weighted by molar-refractivity contribution is -0.143. The molecule has 0 saturated carbocycles. The van der Waals surface area contributed by atoms with Crippen molar-refractivity contribution in [1.82, 2.24) is 15.1 Å². The molecule has 1 heterocycles. The number of rotatable bonds is 7. The molecule has 2 atom stereocenters. The van der Waals surface area contributed by atoms with Gasteiger partial charge in [0, 0.05) is 23.2 Å². The van der Waals surface area contributed by atoms with Crippen molar-refractivity contribution >= 4 is 11.9 Å². The van der Waals surface area contributed by atoms with Gasteiger partial charge in [-0.05, 0) is 43.4 Å². The molecule has 1 amide bonds. The van der Waals surface area contributed by atoms with Crippen LogP contribution in [0.25, 0.3) is 5.69 Å². The molecule has 1 aromatic carbocycles. The number of allylic oxidation sites excluding steroid dienone is 1. The first-order chi connectivity index (χ1) is 14.6. The Morgan fingerprint density at radius 1 is 1.16 bits per heavy atom. The minimum Gasteiger partial charge on any atom is -0.480 e. The van der Waals surface area contributed by atoms with E-state index < -0.39 is 12.6 Å². The number of amides is 1. The summed E-state index contributed by atoms with van der Waals surface area (Å²) in [4.78, 5) is 22.4. The minimum atomic E-state index is -1.09. The molecule has 1 aliphatic carbocycles. The maximum absolute atomic E-state index is 12.0. The van der Waals surface area contributed by atoms with Gasteiger partial charge in [-0.1, -0.05) is 45.1 Å². The molecule has 0 unspecified atom stereocenters. The number of hydrogen-bond donors (Lipinski definition) is 2. The van der Waals surface area contributed by atoms with Crippen LogP contribution in [0.5, 0.6) is 0 Å². The second kappa shape index (κ2) is 9.06. The van der Waals surface area contributed by atoms with E-state index in [4.69, 9.17) is 14.9 Å². The van der Waals surface area contributed by atoms with Crippen molar-refractivity contribution in [2.24, 2.45) is 0 Å². The SMILES string of the molecule is Cc1nn(-c2ccc(C(C)(C)C)cc2)c(C)c1[C@H]1C=C[C@@H](NC(=O)COCC(=O)O)C1. The number of aryl methyl sites for hydroxylation is 1.